The van der Waals surface area contributed by atoms with E-state index < -0.39 is 0 Å². The zero-order valence-electron chi connectivity index (χ0n) is 11.9. The third-order valence-electron chi connectivity index (χ3n) is 2.79. The Kier molecular flexibility index (Phi) is 4.63. The molecule has 9 nitrogen and oxygen atoms in total. The van der Waals surface area contributed by atoms with E-state index in [4.69, 9.17) is 11.1 Å². The molecule has 3 N–H and O–H groups in total. The minimum Gasteiger partial charge on any atom is -0.337 e. The van der Waals surface area contributed by atoms with Crippen molar-refractivity contribution in [1.82, 2.24) is 24.7 Å². The Morgan fingerprint density at radius 2 is 2.24 bits per heavy atom. The summed E-state index contributed by atoms with van der Waals surface area (Å²) in [6.07, 6.45) is 3.75. The first kappa shape index (κ1) is 14.7. The second-order valence-corrected chi connectivity index (χ2v) is 4.55. The van der Waals surface area contributed by atoms with Gasteiger partial charge in [0.2, 0.25) is 11.9 Å². The van der Waals surface area contributed by atoms with Crippen molar-refractivity contribution in [3.63, 3.8) is 0 Å². The van der Waals surface area contributed by atoms with Gasteiger partial charge in [0, 0.05) is 25.0 Å². The van der Waals surface area contributed by atoms with Crippen LogP contribution in [0.4, 0.5) is 11.9 Å². The van der Waals surface area contributed by atoms with E-state index in [-0.39, 0.29) is 12.0 Å². The molecule has 0 aliphatic rings. The average Bonchev–Trinajstić information content (AvgIpc) is 3.01. The summed E-state index contributed by atoms with van der Waals surface area (Å²) in [6, 6.07) is 4.03. The summed E-state index contributed by atoms with van der Waals surface area (Å²) in [6.45, 7) is 4.54. The molecule has 2 rings (SSSR count). The Bertz CT molecular complexity index is 614. The number of nitrogen functional groups attached to an aromatic ring is 1. The van der Waals surface area contributed by atoms with Crippen LogP contribution in [0.2, 0.25) is 0 Å². The monoisotopic (exact) mass is 287 g/mol. The van der Waals surface area contributed by atoms with E-state index in [1.54, 1.807) is 18.5 Å². The maximum atomic E-state index is 8.77. The van der Waals surface area contributed by atoms with E-state index >= 15 is 0 Å². The lowest BCUT2D eigenvalue weighted by Gasteiger charge is -2.26. The van der Waals surface area contributed by atoms with E-state index in [9.17, 15) is 0 Å². The van der Waals surface area contributed by atoms with E-state index in [0.717, 1.165) is 0 Å². The van der Waals surface area contributed by atoms with Gasteiger partial charge < -0.3 is 4.90 Å². The Labute approximate surface area is 122 Å². The molecule has 2 heterocycles. The number of nitriles is 1. The summed E-state index contributed by atoms with van der Waals surface area (Å²) >= 11 is 0. The molecule has 2 aromatic heterocycles. The molecule has 0 spiro atoms. The van der Waals surface area contributed by atoms with Gasteiger partial charge in [-0.1, -0.05) is 0 Å². The van der Waals surface area contributed by atoms with Crippen molar-refractivity contribution in [3.8, 4) is 12.0 Å². The number of aromatic nitrogens is 5. The molecule has 21 heavy (non-hydrogen) atoms. The Balaban J connectivity index is 2.42. The van der Waals surface area contributed by atoms with Crippen molar-refractivity contribution in [3.05, 3.63) is 18.5 Å². The van der Waals surface area contributed by atoms with Crippen molar-refractivity contribution in [1.29, 1.82) is 5.26 Å². The average molecular weight is 287 g/mol. The molecule has 2 aromatic rings. The molecule has 0 unspecified atom stereocenters. The van der Waals surface area contributed by atoms with Gasteiger partial charge >= 0.3 is 0 Å². The lowest BCUT2D eigenvalue weighted by atomic mass is 10.3. The molecule has 0 atom stereocenters. The van der Waals surface area contributed by atoms with Gasteiger partial charge in [0.25, 0.3) is 5.95 Å². The molecule has 0 aliphatic carbocycles. The zero-order valence-corrected chi connectivity index (χ0v) is 11.9. The smallest absolute Gasteiger partial charge is 0.257 e. The molecule has 0 amide bonds. The maximum absolute atomic E-state index is 8.77. The normalized spacial score (nSPS) is 10.4. The second kappa shape index (κ2) is 6.62. The van der Waals surface area contributed by atoms with Crippen LogP contribution >= 0.6 is 0 Å². The summed E-state index contributed by atoms with van der Waals surface area (Å²) < 4.78 is 1.52. The first-order valence-corrected chi connectivity index (χ1v) is 6.52. The van der Waals surface area contributed by atoms with Gasteiger partial charge in [0.05, 0.1) is 12.5 Å². The largest absolute Gasteiger partial charge is 0.337 e. The standard InChI is InChI=1S/C12H17N9/c1-9(2)20(7-3-5-13)11-16-10(19-14)17-12(18-11)21-8-4-6-15-21/h4,6,8-9H,3,7,14H2,1-2H3,(H,16,17,18,19). The molecule has 9 heteroatoms. The molecule has 0 fully saturated rings. The Morgan fingerprint density at radius 3 is 2.81 bits per heavy atom. The summed E-state index contributed by atoms with van der Waals surface area (Å²) in [5, 5.41) is 12.9. The summed E-state index contributed by atoms with van der Waals surface area (Å²) in [4.78, 5) is 14.7. The predicted molar refractivity (Wildman–Crippen MR) is 77.5 cm³/mol. The predicted octanol–water partition coefficient (Wildman–Crippen LogP) is 0.471. The maximum Gasteiger partial charge on any atom is 0.257 e. The van der Waals surface area contributed by atoms with Gasteiger partial charge in [-0.15, -0.1) is 0 Å². The molecule has 110 valence electrons. The number of hydrazine groups is 1. The number of nitrogens with one attached hydrogen (secondary N) is 1. The Morgan fingerprint density at radius 1 is 1.43 bits per heavy atom. The van der Waals surface area contributed by atoms with Gasteiger partial charge in [0.15, 0.2) is 0 Å². The van der Waals surface area contributed by atoms with Crippen molar-refractivity contribution in [2.45, 2.75) is 26.3 Å². The number of hydrogen-bond donors (Lipinski definition) is 2. The van der Waals surface area contributed by atoms with Crippen LogP contribution in [0, 0.1) is 11.3 Å². The van der Waals surface area contributed by atoms with Crippen molar-refractivity contribution >= 4 is 11.9 Å². The Hall–Kier alpha value is -2.73. The third kappa shape index (κ3) is 3.43. The second-order valence-electron chi connectivity index (χ2n) is 4.55. The summed E-state index contributed by atoms with van der Waals surface area (Å²) in [5.41, 5.74) is 2.42. The van der Waals surface area contributed by atoms with E-state index in [1.165, 1.54) is 4.68 Å². The molecule has 0 saturated carbocycles. The SMILES string of the molecule is CC(C)N(CCC#N)c1nc(NN)nc(-n2cccn2)n1. The molecule has 0 bridgehead atoms. The lowest BCUT2D eigenvalue weighted by molar-refractivity contribution is 0.657. The van der Waals surface area contributed by atoms with E-state index in [0.29, 0.717) is 24.9 Å². The van der Waals surface area contributed by atoms with Crippen LogP contribution in [0.3, 0.4) is 0 Å². The van der Waals surface area contributed by atoms with Crippen LogP contribution in [0.25, 0.3) is 5.95 Å². The lowest BCUT2D eigenvalue weighted by Crippen LogP contribution is -2.34. The number of hydrogen-bond acceptors (Lipinski definition) is 8. The fraction of sp³-hybridized carbons (Fsp3) is 0.417. The first-order chi connectivity index (χ1) is 10.2. The summed E-state index contributed by atoms with van der Waals surface area (Å²) in [5.74, 6) is 6.47. The molecule has 0 aliphatic heterocycles. The molecular weight excluding hydrogens is 270 g/mol. The van der Waals surface area contributed by atoms with Gasteiger partial charge in [-0.2, -0.15) is 25.3 Å². The molecule has 0 aromatic carbocycles. The summed E-state index contributed by atoms with van der Waals surface area (Å²) in [7, 11) is 0. The number of rotatable bonds is 6. The van der Waals surface area contributed by atoms with Crippen molar-refractivity contribution in [2.75, 3.05) is 16.9 Å². The highest BCUT2D eigenvalue weighted by molar-refractivity contribution is 5.40. The van der Waals surface area contributed by atoms with Gasteiger partial charge in [-0.25, -0.2) is 10.5 Å². The fourth-order valence-corrected chi connectivity index (χ4v) is 1.80. The molecule has 0 saturated heterocycles. The van der Waals surface area contributed by atoms with Crippen LogP contribution in [0.1, 0.15) is 20.3 Å². The fourth-order valence-electron chi connectivity index (χ4n) is 1.80. The van der Waals surface area contributed by atoms with Crippen LogP contribution < -0.4 is 16.2 Å². The third-order valence-corrected chi connectivity index (χ3v) is 2.79. The van der Waals surface area contributed by atoms with Gasteiger partial charge in [-0.3, -0.25) is 5.43 Å². The first-order valence-electron chi connectivity index (χ1n) is 6.52. The number of nitrogens with zero attached hydrogens (tertiary/aromatic N) is 7. The van der Waals surface area contributed by atoms with Crippen LogP contribution in [-0.4, -0.2) is 37.3 Å². The quantitative estimate of drug-likeness (QED) is 0.581. The molecule has 0 radical (unpaired) electrons. The zero-order chi connectivity index (χ0) is 15.2. The minimum atomic E-state index is 0.136. The minimum absolute atomic E-state index is 0.136. The van der Waals surface area contributed by atoms with E-state index in [2.05, 4.69) is 31.5 Å². The van der Waals surface area contributed by atoms with E-state index in [1.807, 2.05) is 18.7 Å². The van der Waals surface area contributed by atoms with Crippen LogP contribution in [0.15, 0.2) is 18.5 Å². The van der Waals surface area contributed by atoms with Gasteiger partial charge in [-0.05, 0) is 19.9 Å². The highest BCUT2D eigenvalue weighted by Gasteiger charge is 2.16. The van der Waals surface area contributed by atoms with Crippen molar-refractivity contribution < 1.29 is 0 Å². The number of nitrogens with two attached hydrogens (primary N) is 1. The van der Waals surface area contributed by atoms with Crippen LogP contribution in [-0.2, 0) is 0 Å². The topological polar surface area (TPSA) is 122 Å². The van der Waals surface area contributed by atoms with Gasteiger partial charge in [0.1, 0.15) is 0 Å². The highest BCUT2D eigenvalue weighted by Crippen LogP contribution is 2.15. The highest BCUT2D eigenvalue weighted by atomic mass is 15.4. The van der Waals surface area contributed by atoms with Crippen molar-refractivity contribution in [2.24, 2.45) is 5.84 Å². The molecular formula is C12H17N9. The van der Waals surface area contributed by atoms with Crippen LogP contribution in [0.5, 0.6) is 0 Å². The number of anilines is 2.